The van der Waals surface area contributed by atoms with Gasteiger partial charge in [0.25, 0.3) is 0 Å². The maximum absolute atomic E-state index is 12.0. The van der Waals surface area contributed by atoms with E-state index in [1.807, 2.05) is 31.3 Å². The first-order chi connectivity index (χ1) is 14.5. The fraction of sp³-hybridized carbons (Fsp3) is 0.261. The number of ether oxygens (including phenoxy) is 4. The number of fused-ring (bicyclic) bond motifs is 6. The maximum atomic E-state index is 12.0. The molecule has 154 valence electrons. The third-order valence-corrected chi connectivity index (χ3v) is 5.70. The molecule has 2 heterocycles. The van der Waals surface area contributed by atoms with Gasteiger partial charge in [-0.05, 0) is 35.2 Å². The van der Waals surface area contributed by atoms with Crippen LogP contribution in [-0.2, 0) is 4.79 Å². The van der Waals surface area contributed by atoms with E-state index in [9.17, 15) is 4.79 Å². The Balaban J connectivity index is 1.82. The minimum Gasteiger partial charge on any atom is -0.493 e. The second-order valence-electron chi connectivity index (χ2n) is 7.40. The molecule has 1 atom stereocenters. The summed E-state index contributed by atoms with van der Waals surface area (Å²) >= 11 is 0. The van der Waals surface area contributed by atoms with Crippen molar-refractivity contribution in [3.05, 3.63) is 42.0 Å². The molecule has 0 aromatic heterocycles. The van der Waals surface area contributed by atoms with Crippen LogP contribution in [0.2, 0.25) is 0 Å². The first-order valence-electron chi connectivity index (χ1n) is 9.64. The molecule has 0 bridgehead atoms. The van der Waals surface area contributed by atoms with Gasteiger partial charge in [0, 0.05) is 30.5 Å². The van der Waals surface area contributed by atoms with Crippen LogP contribution in [-0.4, -0.2) is 34.0 Å². The van der Waals surface area contributed by atoms with Crippen molar-refractivity contribution >= 4 is 22.4 Å². The molecule has 5 rings (SSSR count). The van der Waals surface area contributed by atoms with Crippen LogP contribution in [0.1, 0.15) is 18.7 Å². The summed E-state index contributed by atoms with van der Waals surface area (Å²) in [5.74, 6) is 2.60. The number of rotatable bonds is 3. The Kier molecular flexibility index (Phi) is 4.13. The van der Waals surface area contributed by atoms with Crippen molar-refractivity contribution in [2.75, 3.05) is 33.0 Å². The lowest BCUT2D eigenvalue weighted by Gasteiger charge is -2.39. The van der Waals surface area contributed by atoms with Gasteiger partial charge < -0.3 is 29.2 Å². The van der Waals surface area contributed by atoms with Gasteiger partial charge in [-0.25, -0.2) is 0 Å². The summed E-state index contributed by atoms with van der Waals surface area (Å²) in [6.07, 6.45) is -0.360. The SMILES string of the molecule is COc1cc2c(cc1OC)C(NC(C)=O)N(C)c1c-2ccc2cc3c(cc12)OCO3. The fourth-order valence-corrected chi connectivity index (χ4v) is 4.35. The van der Waals surface area contributed by atoms with Gasteiger partial charge >= 0.3 is 0 Å². The Morgan fingerprint density at radius 3 is 2.43 bits per heavy atom. The van der Waals surface area contributed by atoms with E-state index in [4.69, 9.17) is 18.9 Å². The van der Waals surface area contributed by atoms with E-state index in [1.54, 1.807) is 14.2 Å². The summed E-state index contributed by atoms with van der Waals surface area (Å²) in [6.45, 7) is 1.74. The predicted molar refractivity (Wildman–Crippen MR) is 114 cm³/mol. The Morgan fingerprint density at radius 2 is 1.73 bits per heavy atom. The Hall–Kier alpha value is -3.61. The van der Waals surface area contributed by atoms with Crippen molar-refractivity contribution in [3.63, 3.8) is 0 Å². The van der Waals surface area contributed by atoms with Crippen molar-refractivity contribution in [1.29, 1.82) is 0 Å². The topological polar surface area (TPSA) is 69.3 Å². The zero-order valence-corrected chi connectivity index (χ0v) is 17.2. The smallest absolute Gasteiger partial charge is 0.231 e. The highest BCUT2D eigenvalue weighted by Crippen LogP contribution is 2.51. The molecule has 2 aliphatic rings. The third-order valence-electron chi connectivity index (χ3n) is 5.70. The van der Waals surface area contributed by atoms with E-state index in [0.29, 0.717) is 11.5 Å². The van der Waals surface area contributed by atoms with Gasteiger partial charge in [-0.3, -0.25) is 4.79 Å². The van der Waals surface area contributed by atoms with Gasteiger partial charge in [-0.2, -0.15) is 0 Å². The van der Waals surface area contributed by atoms with E-state index in [-0.39, 0.29) is 18.9 Å². The fourth-order valence-electron chi connectivity index (χ4n) is 4.35. The van der Waals surface area contributed by atoms with Crippen molar-refractivity contribution in [1.82, 2.24) is 5.32 Å². The molecule has 0 fully saturated rings. The van der Waals surface area contributed by atoms with Gasteiger partial charge in [-0.1, -0.05) is 12.1 Å². The van der Waals surface area contributed by atoms with Crippen LogP contribution in [0.5, 0.6) is 23.0 Å². The Labute approximate surface area is 174 Å². The highest BCUT2D eigenvalue weighted by molar-refractivity contribution is 6.05. The maximum Gasteiger partial charge on any atom is 0.231 e. The highest BCUT2D eigenvalue weighted by atomic mass is 16.7. The quantitative estimate of drug-likeness (QED) is 0.713. The Bertz CT molecular complexity index is 1190. The molecular weight excluding hydrogens is 384 g/mol. The zero-order valence-electron chi connectivity index (χ0n) is 17.2. The van der Waals surface area contributed by atoms with E-state index in [1.165, 1.54) is 6.92 Å². The van der Waals surface area contributed by atoms with E-state index >= 15 is 0 Å². The van der Waals surface area contributed by atoms with Crippen LogP contribution in [0.3, 0.4) is 0 Å². The first kappa shape index (κ1) is 18.4. The standard InChI is InChI=1S/C23H22N2O5/c1-12(26)24-23-17-10-19(28-4)18(27-3)9-16(17)14-6-5-13-7-20-21(30-11-29-20)8-15(13)22(14)25(23)2/h5-10,23H,11H2,1-4H3,(H,24,26). The van der Waals surface area contributed by atoms with Crippen molar-refractivity contribution in [3.8, 4) is 34.1 Å². The van der Waals surface area contributed by atoms with Crippen LogP contribution in [0.4, 0.5) is 5.69 Å². The number of anilines is 1. The lowest BCUT2D eigenvalue weighted by molar-refractivity contribution is -0.119. The average molecular weight is 406 g/mol. The number of amides is 1. The summed E-state index contributed by atoms with van der Waals surface area (Å²) in [7, 11) is 5.20. The predicted octanol–water partition coefficient (Wildman–Crippen LogP) is 3.84. The molecule has 2 aliphatic heterocycles. The molecular formula is C23H22N2O5. The van der Waals surface area contributed by atoms with Crippen LogP contribution < -0.4 is 29.2 Å². The molecule has 7 heteroatoms. The number of benzene rings is 3. The normalized spacial score (nSPS) is 16.1. The zero-order chi connectivity index (χ0) is 21.0. The van der Waals surface area contributed by atoms with Gasteiger partial charge in [0.05, 0.1) is 19.9 Å². The monoisotopic (exact) mass is 406 g/mol. The second kappa shape index (κ2) is 6.73. The molecule has 0 spiro atoms. The third kappa shape index (κ3) is 2.62. The number of hydrogen-bond acceptors (Lipinski definition) is 6. The summed E-state index contributed by atoms with van der Waals surface area (Å²) in [4.78, 5) is 14.1. The lowest BCUT2D eigenvalue weighted by atomic mass is 9.88. The van der Waals surface area contributed by atoms with Gasteiger partial charge in [-0.15, -0.1) is 0 Å². The van der Waals surface area contributed by atoms with Crippen molar-refractivity contribution in [2.24, 2.45) is 0 Å². The van der Waals surface area contributed by atoms with Crippen LogP contribution in [0, 0.1) is 0 Å². The molecule has 0 aliphatic carbocycles. The Morgan fingerprint density at radius 1 is 1.03 bits per heavy atom. The molecule has 0 saturated heterocycles. The average Bonchev–Trinajstić information content (AvgIpc) is 3.20. The molecule has 30 heavy (non-hydrogen) atoms. The number of nitrogens with zero attached hydrogens (tertiary/aromatic N) is 1. The summed E-state index contributed by atoms with van der Waals surface area (Å²) < 4.78 is 22.2. The largest absolute Gasteiger partial charge is 0.493 e. The summed E-state index contributed by atoms with van der Waals surface area (Å²) in [5, 5.41) is 5.13. The number of carbonyl (C=O) groups excluding carboxylic acids is 1. The van der Waals surface area contributed by atoms with Gasteiger partial charge in [0.15, 0.2) is 23.0 Å². The van der Waals surface area contributed by atoms with Gasteiger partial charge in [0.2, 0.25) is 12.7 Å². The van der Waals surface area contributed by atoms with E-state index in [0.717, 1.165) is 44.6 Å². The minimum absolute atomic E-state index is 0.117. The molecule has 1 unspecified atom stereocenters. The number of methoxy groups -OCH3 is 2. The summed E-state index contributed by atoms with van der Waals surface area (Å²) in [5.41, 5.74) is 3.97. The van der Waals surface area contributed by atoms with Crippen LogP contribution >= 0.6 is 0 Å². The van der Waals surface area contributed by atoms with E-state index in [2.05, 4.69) is 22.3 Å². The van der Waals surface area contributed by atoms with E-state index < -0.39 is 0 Å². The number of nitrogens with one attached hydrogen (secondary N) is 1. The molecule has 0 radical (unpaired) electrons. The van der Waals surface area contributed by atoms with Gasteiger partial charge in [0.1, 0.15) is 6.17 Å². The minimum atomic E-state index is -0.360. The molecule has 7 nitrogen and oxygen atoms in total. The number of hydrogen-bond donors (Lipinski definition) is 1. The first-order valence-corrected chi connectivity index (χ1v) is 9.64. The van der Waals surface area contributed by atoms with Crippen LogP contribution in [0.15, 0.2) is 36.4 Å². The summed E-state index contributed by atoms with van der Waals surface area (Å²) in [6, 6.07) is 12.0. The molecule has 3 aromatic rings. The highest BCUT2D eigenvalue weighted by Gasteiger charge is 2.33. The second-order valence-corrected chi connectivity index (χ2v) is 7.40. The number of carbonyl (C=O) groups is 1. The van der Waals surface area contributed by atoms with Crippen LogP contribution in [0.25, 0.3) is 21.9 Å². The molecule has 0 saturated carbocycles. The lowest BCUT2D eigenvalue weighted by Crippen LogP contribution is -2.40. The van der Waals surface area contributed by atoms with Crippen molar-refractivity contribution < 1.29 is 23.7 Å². The molecule has 1 amide bonds. The van der Waals surface area contributed by atoms with Crippen molar-refractivity contribution in [2.45, 2.75) is 13.1 Å². The molecule has 1 N–H and O–H groups in total. The molecule has 3 aromatic carbocycles.